The number of thiazole rings is 1. The van der Waals surface area contributed by atoms with Gasteiger partial charge in [0, 0.05) is 6.42 Å². The molecule has 3 rings (SSSR count). The van der Waals surface area contributed by atoms with Gasteiger partial charge in [0.25, 0.3) is 0 Å². The van der Waals surface area contributed by atoms with Crippen LogP contribution in [0.2, 0.25) is 0 Å². The van der Waals surface area contributed by atoms with Gasteiger partial charge < -0.3 is 20.2 Å². The van der Waals surface area contributed by atoms with Crippen LogP contribution in [0.25, 0.3) is 0 Å². The number of rotatable bonds is 8. The van der Waals surface area contributed by atoms with Crippen LogP contribution in [0.1, 0.15) is 37.9 Å². The monoisotopic (exact) mass is 546 g/mol. The number of aryl methyl sites for hydroxylation is 1. The quantitative estimate of drug-likeness (QED) is 0.222. The molecule has 3 atom stereocenters. The van der Waals surface area contributed by atoms with E-state index in [-0.39, 0.29) is 36.1 Å². The average Bonchev–Trinajstić information content (AvgIpc) is 3.22. The Morgan fingerprint density at radius 1 is 1.41 bits per heavy atom. The van der Waals surface area contributed by atoms with E-state index in [1.54, 1.807) is 20.8 Å². The van der Waals surface area contributed by atoms with Crippen LogP contribution in [0.4, 0.5) is 0 Å². The summed E-state index contributed by atoms with van der Waals surface area (Å²) in [4.78, 5) is 59.5. The Balaban J connectivity index is 1.84. The molecule has 2 N–H and O–H groups in total. The molecule has 174 valence electrons. The minimum Gasteiger partial charge on any atom is -0.467 e. The van der Waals surface area contributed by atoms with Gasteiger partial charge in [-0.05, 0) is 43.6 Å². The van der Waals surface area contributed by atoms with Gasteiger partial charge in [-0.2, -0.15) is 0 Å². The van der Waals surface area contributed by atoms with Crippen molar-refractivity contribution in [3.8, 4) is 0 Å². The van der Waals surface area contributed by atoms with Gasteiger partial charge >= 0.3 is 5.97 Å². The number of thioether (sulfide) groups is 1. The summed E-state index contributed by atoms with van der Waals surface area (Å²) in [6.07, 6.45) is -0.171. The molecule has 2 saturated heterocycles. The summed E-state index contributed by atoms with van der Waals surface area (Å²) in [7, 11) is 1.23. The van der Waals surface area contributed by atoms with E-state index in [9.17, 15) is 19.2 Å². The lowest BCUT2D eigenvalue weighted by molar-refractivity contribution is -0.152. The van der Waals surface area contributed by atoms with Crippen LogP contribution >= 0.6 is 39.0 Å². The summed E-state index contributed by atoms with van der Waals surface area (Å²) in [5, 5.41) is 4.25. The molecule has 0 spiro atoms. The molecule has 3 heterocycles. The average molecular weight is 547 g/mol. The summed E-state index contributed by atoms with van der Waals surface area (Å²) in [6.45, 7) is 6.24. The number of esters is 1. The molecule has 32 heavy (non-hydrogen) atoms. The highest BCUT2D eigenvalue weighted by molar-refractivity contribution is 9.11. The zero-order chi connectivity index (χ0) is 24.0. The van der Waals surface area contributed by atoms with Crippen LogP contribution < -0.4 is 5.73 Å². The number of β-lactam (4-membered cyclic amide) rings is 1. The smallest absolute Gasteiger partial charge is 0.338 e. The van der Waals surface area contributed by atoms with Crippen molar-refractivity contribution in [3.63, 3.8) is 0 Å². The number of nitrogens with zero attached hydrogens (tertiary/aromatic N) is 3. The zero-order valence-electron chi connectivity index (χ0n) is 18.1. The van der Waals surface area contributed by atoms with E-state index in [0.29, 0.717) is 8.79 Å². The van der Waals surface area contributed by atoms with Crippen LogP contribution in [0.3, 0.4) is 0 Å². The van der Waals surface area contributed by atoms with Crippen molar-refractivity contribution in [3.05, 3.63) is 14.5 Å². The maximum absolute atomic E-state index is 13.2. The zero-order valence-corrected chi connectivity index (χ0v) is 21.4. The summed E-state index contributed by atoms with van der Waals surface area (Å²) < 4.78 is 5.32. The Bertz CT molecular complexity index is 1030. The van der Waals surface area contributed by atoms with Gasteiger partial charge in [0.05, 0.1) is 33.7 Å². The first kappa shape index (κ1) is 24.8. The topological polar surface area (TPSA) is 141 Å². The van der Waals surface area contributed by atoms with Crippen molar-refractivity contribution in [2.45, 2.75) is 50.0 Å². The van der Waals surface area contributed by atoms with Crippen molar-refractivity contribution in [2.75, 3.05) is 13.7 Å². The number of aromatic nitrogens is 1. The predicted molar refractivity (Wildman–Crippen MR) is 122 cm³/mol. The second kappa shape index (κ2) is 8.84. The normalized spacial score (nSPS) is 25.3. The molecule has 0 bridgehead atoms. The molecule has 10 nitrogen and oxygen atoms in total. The summed E-state index contributed by atoms with van der Waals surface area (Å²) in [5.74, 6) is -2.31. The highest BCUT2D eigenvalue weighted by Crippen LogP contribution is 2.49. The second-order valence-corrected chi connectivity index (χ2v) is 12.0. The van der Waals surface area contributed by atoms with Crippen molar-refractivity contribution in [2.24, 2.45) is 16.8 Å². The van der Waals surface area contributed by atoms with Gasteiger partial charge in [0.1, 0.15) is 5.69 Å². The van der Waals surface area contributed by atoms with E-state index in [1.165, 1.54) is 30.3 Å². The summed E-state index contributed by atoms with van der Waals surface area (Å²) >= 11 is 5.80. The fourth-order valence-corrected chi connectivity index (χ4v) is 6.30. The molecule has 1 amide bonds. The van der Waals surface area contributed by atoms with Crippen LogP contribution in [0, 0.1) is 12.8 Å². The minimum absolute atomic E-state index is 0.0201. The van der Waals surface area contributed by atoms with Crippen molar-refractivity contribution >= 4 is 68.2 Å². The van der Waals surface area contributed by atoms with Gasteiger partial charge in [-0.15, -0.1) is 23.1 Å². The predicted octanol–water partition coefficient (Wildman–Crippen LogP) is 1.62. The molecule has 0 saturated carbocycles. The number of methoxy groups -OCH3 is 1. The van der Waals surface area contributed by atoms with Crippen LogP contribution in [-0.4, -0.2) is 68.5 Å². The van der Waals surface area contributed by atoms with Crippen molar-refractivity contribution in [1.29, 1.82) is 0 Å². The Hall–Kier alpha value is -1.83. The first-order valence-corrected chi connectivity index (χ1v) is 12.1. The van der Waals surface area contributed by atoms with E-state index >= 15 is 0 Å². The van der Waals surface area contributed by atoms with Crippen LogP contribution in [0.5, 0.6) is 0 Å². The number of oxime groups is 1. The highest BCUT2D eigenvalue weighted by Gasteiger charge is 2.61. The van der Waals surface area contributed by atoms with Crippen LogP contribution in [0.15, 0.2) is 8.94 Å². The van der Waals surface area contributed by atoms with Gasteiger partial charge in [-0.3, -0.25) is 14.4 Å². The van der Waals surface area contributed by atoms with Gasteiger partial charge in [0.2, 0.25) is 5.91 Å². The van der Waals surface area contributed by atoms with E-state index in [1.807, 2.05) is 0 Å². The van der Waals surface area contributed by atoms with E-state index in [4.69, 9.17) is 15.3 Å². The number of ether oxygens (including phenoxy) is 1. The largest absolute Gasteiger partial charge is 0.467 e. The molecular formula is C19H23BrN4O6S2. The number of nitrogens with two attached hydrogens (primary N) is 1. The standard InChI is InChI=1S/C19H23BrN4O6S2/c1-8(25)18(3,4)30-23-12(13-14(20)31-9(2)22-13)11(26)6-10-15(27)24-7-19(21,17(28)29-5)32-16(10)24/h10,16H,6-7,21H2,1-5H3/b23-12+/t10-,16?,19-/m1/s1. The number of halogens is 1. The van der Waals surface area contributed by atoms with Crippen molar-refractivity contribution < 1.29 is 28.8 Å². The van der Waals surface area contributed by atoms with Gasteiger partial charge in [-0.1, -0.05) is 5.16 Å². The van der Waals surface area contributed by atoms with E-state index in [2.05, 4.69) is 26.1 Å². The van der Waals surface area contributed by atoms with E-state index in [0.717, 1.165) is 11.8 Å². The number of carbonyl (C=O) groups excluding carboxylic acids is 4. The number of ketones is 2. The van der Waals surface area contributed by atoms with Gasteiger partial charge in [0.15, 0.2) is 27.8 Å². The maximum atomic E-state index is 13.2. The van der Waals surface area contributed by atoms with E-state index < -0.39 is 33.5 Å². The lowest BCUT2D eigenvalue weighted by Gasteiger charge is -2.41. The SMILES string of the molecule is COC(=O)[C@@]1(N)CN2C(=O)[C@@H](CC(=O)/C(=N\OC(C)(C)C(C)=O)c3nc(C)sc3Br)C2S1. The van der Waals surface area contributed by atoms with Crippen LogP contribution in [-0.2, 0) is 28.8 Å². The molecule has 0 aromatic carbocycles. The Kier molecular flexibility index (Phi) is 6.85. The van der Waals surface area contributed by atoms with Gasteiger partial charge in [-0.25, -0.2) is 9.78 Å². The lowest BCUT2D eigenvalue weighted by Crippen LogP contribution is -2.58. The number of carbonyl (C=O) groups is 4. The third-order valence-corrected chi connectivity index (χ3v) is 8.48. The van der Waals surface area contributed by atoms with Crippen molar-refractivity contribution in [1.82, 2.24) is 9.88 Å². The Labute approximate surface area is 201 Å². The first-order chi connectivity index (χ1) is 14.8. The number of hydrogen-bond donors (Lipinski definition) is 1. The summed E-state index contributed by atoms with van der Waals surface area (Å²) in [6, 6.07) is 0. The number of amides is 1. The Morgan fingerprint density at radius 2 is 2.06 bits per heavy atom. The molecule has 0 aliphatic carbocycles. The molecule has 2 aliphatic rings. The number of hydrogen-bond acceptors (Lipinski definition) is 11. The highest BCUT2D eigenvalue weighted by atomic mass is 79.9. The number of Topliss-reactive ketones (excluding diaryl/α,β-unsaturated/α-hetero) is 2. The molecule has 1 aromatic rings. The second-order valence-electron chi connectivity index (χ2n) is 8.04. The fourth-order valence-electron chi connectivity index (χ4n) is 3.18. The molecule has 2 aliphatic heterocycles. The molecule has 0 radical (unpaired) electrons. The molecule has 1 unspecified atom stereocenters. The fraction of sp³-hybridized carbons (Fsp3) is 0.579. The third kappa shape index (κ3) is 4.47. The molecule has 2 fully saturated rings. The molecule has 1 aromatic heterocycles. The number of fused-ring (bicyclic) bond motifs is 1. The minimum atomic E-state index is -1.37. The third-order valence-electron chi connectivity index (χ3n) is 5.32. The molecule has 13 heteroatoms. The summed E-state index contributed by atoms with van der Waals surface area (Å²) in [5.41, 5.74) is 5.06. The first-order valence-electron chi connectivity index (χ1n) is 9.60. The molecular weight excluding hydrogens is 524 g/mol. The maximum Gasteiger partial charge on any atom is 0.338 e. The Morgan fingerprint density at radius 3 is 2.59 bits per heavy atom. The lowest BCUT2D eigenvalue weighted by atomic mass is 9.90.